The minimum Gasteiger partial charge on any atom is -0.299 e. The van der Waals surface area contributed by atoms with Crippen molar-refractivity contribution in [3.63, 3.8) is 0 Å². The van der Waals surface area contributed by atoms with Crippen LogP contribution in [-0.2, 0) is 6.54 Å². The highest BCUT2D eigenvalue weighted by atomic mass is 79.9. The normalized spacial score (nSPS) is 18.9. The molecule has 0 bridgehead atoms. The second-order valence-corrected chi connectivity index (χ2v) is 6.44. The van der Waals surface area contributed by atoms with E-state index in [0.29, 0.717) is 4.83 Å². The van der Waals surface area contributed by atoms with Gasteiger partial charge in [-0.3, -0.25) is 4.90 Å². The molecular weight excluding hydrogens is 337 g/mol. The lowest BCUT2D eigenvalue weighted by atomic mass is 10.1. The fraction of sp³-hybridized carbons (Fsp3) is 0.500. The van der Waals surface area contributed by atoms with Gasteiger partial charge in [0.05, 0.1) is 0 Å². The molecule has 1 aliphatic heterocycles. The Morgan fingerprint density at radius 1 is 1.25 bits per heavy atom. The van der Waals surface area contributed by atoms with E-state index in [1.165, 1.54) is 18.9 Å². The maximum Gasteiger partial charge on any atom is 0.124 e. The molecular formula is C12H14Br2FN. The summed E-state index contributed by atoms with van der Waals surface area (Å²) in [5, 5.41) is 0. The van der Waals surface area contributed by atoms with Crippen LogP contribution in [0.3, 0.4) is 0 Å². The smallest absolute Gasteiger partial charge is 0.124 e. The van der Waals surface area contributed by atoms with Crippen molar-refractivity contribution in [2.24, 2.45) is 0 Å². The van der Waals surface area contributed by atoms with Crippen molar-refractivity contribution < 1.29 is 4.39 Å². The van der Waals surface area contributed by atoms with Crippen molar-refractivity contribution >= 4 is 31.9 Å². The van der Waals surface area contributed by atoms with Gasteiger partial charge in [-0.15, -0.1) is 0 Å². The Morgan fingerprint density at radius 2 is 1.94 bits per heavy atom. The Bertz CT molecular complexity index is 342. The molecule has 0 atom stereocenters. The molecule has 1 heterocycles. The molecule has 0 aromatic heterocycles. The lowest BCUT2D eigenvalue weighted by Crippen LogP contribution is -2.33. The third-order valence-electron chi connectivity index (χ3n) is 2.85. The van der Waals surface area contributed by atoms with Crippen LogP contribution in [0.5, 0.6) is 0 Å². The lowest BCUT2D eigenvalue weighted by Gasteiger charge is -2.29. The van der Waals surface area contributed by atoms with Gasteiger partial charge in [0.1, 0.15) is 5.82 Å². The Hall–Kier alpha value is 0.0700. The third-order valence-corrected chi connectivity index (χ3v) is 4.22. The Balaban J connectivity index is 1.98. The molecule has 1 aromatic carbocycles. The molecule has 0 N–H and O–H groups in total. The number of rotatable bonds is 2. The second kappa shape index (κ2) is 5.61. The first kappa shape index (κ1) is 12.5. The van der Waals surface area contributed by atoms with Crippen LogP contribution >= 0.6 is 31.9 Å². The molecule has 0 aliphatic carbocycles. The SMILES string of the molecule is Fc1cc(Br)cc(CN2CCC(Br)CC2)c1. The van der Waals surface area contributed by atoms with Crippen LogP contribution in [0.2, 0.25) is 0 Å². The van der Waals surface area contributed by atoms with E-state index in [-0.39, 0.29) is 5.82 Å². The maximum atomic E-state index is 13.2. The maximum absolute atomic E-state index is 13.2. The highest BCUT2D eigenvalue weighted by Gasteiger charge is 2.16. The quantitative estimate of drug-likeness (QED) is 0.730. The minimum atomic E-state index is -0.167. The van der Waals surface area contributed by atoms with Gasteiger partial charge in [0.15, 0.2) is 0 Å². The molecule has 1 fully saturated rings. The first-order valence-electron chi connectivity index (χ1n) is 5.45. The minimum absolute atomic E-state index is 0.167. The number of halogens is 3. The molecule has 2 rings (SSSR count). The molecule has 1 nitrogen and oxygen atoms in total. The monoisotopic (exact) mass is 349 g/mol. The van der Waals surface area contributed by atoms with E-state index in [0.717, 1.165) is 29.7 Å². The van der Waals surface area contributed by atoms with E-state index < -0.39 is 0 Å². The number of likely N-dealkylation sites (tertiary alicyclic amines) is 1. The van der Waals surface area contributed by atoms with Gasteiger partial charge in [-0.05, 0) is 49.7 Å². The summed E-state index contributed by atoms with van der Waals surface area (Å²) in [5.74, 6) is -0.167. The lowest BCUT2D eigenvalue weighted by molar-refractivity contribution is 0.226. The van der Waals surface area contributed by atoms with Crippen LogP contribution in [0.4, 0.5) is 4.39 Å². The fourth-order valence-electron chi connectivity index (χ4n) is 2.02. The summed E-state index contributed by atoms with van der Waals surface area (Å²) in [5.41, 5.74) is 1.04. The Morgan fingerprint density at radius 3 is 2.56 bits per heavy atom. The zero-order valence-electron chi connectivity index (χ0n) is 8.93. The zero-order valence-corrected chi connectivity index (χ0v) is 12.1. The van der Waals surface area contributed by atoms with Crippen molar-refractivity contribution in [2.75, 3.05) is 13.1 Å². The average Bonchev–Trinajstić information content (AvgIpc) is 2.20. The molecule has 1 saturated heterocycles. The van der Waals surface area contributed by atoms with Crippen molar-refractivity contribution in [2.45, 2.75) is 24.2 Å². The van der Waals surface area contributed by atoms with E-state index in [1.54, 1.807) is 6.07 Å². The molecule has 0 spiro atoms. The number of benzene rings is 1. The second-order valence-electron chi connectivity index (χ2n) is 4.23. The third kappa shape index (κ3) is 3.54. The number of hydrogen-bond donors (Lipinski definition) is 0. The number of nitrogens with zero attached hydrogens (tertiary/aromatic N) is 1. The summed E-state index contributed by atoms with van der Waals surface area (Å²) < 4.78 is 14.0. The molecule has 1 aliphatic rings. The largest absolute Gasteiger partial charge is 0.299 e. The molecule has 0 unspecified atom stereocenters. The average molecular weight is 351 g/mol. The topological polar surface area (TPSA) is 3.24 Å². The molecule has 88 valence electrons. The van der Waals surface area contributed by atoms with Gasteiger partial charge < -0.3 is 0 Å². The van der Waals surface area contributed by atoms with Crippen LogP contribution in [0.1, 0.15) is 18.4 Å². The fourth-order valence-corrected chi connectivity index (χ4v) is 2.94. The first-order chi connectivity index (χ1) is 7.63. The van der Waals surface area contributed by atoms with Crippen LogP contribution in [0.15, 0.2) is 22.7 Å². The van der Waals surface area contributed by atoms with Gasteiger partial charge in [0.2, 0.25) is 0 Å². The van der Waals surface area contributed by atoms with Crippen LogP contribution < -0.4 is 0 Å². The van der Waals surface area contributed by atoms with Gasteiger partial charge in [0, 0.05) is 15.8 Å². The van der Waals surface area contributed by atoms with E-state index >= 15 is 0 Å². The molecule has 0 radical (unpaired) electrons. The molecule has 0 saturated carbocycles. The summed E-state index contributed by atoms with van der Waals surface area (Å²) >= 11 is 6.95. The summed E-state index contributed by atoms with van der Waals surface area (Å²) in [6.07, 6.45) is 2.35. The van der Waals surface area contributed by atoms with Crippen LogP contribution in [0.25, 0.3) is 0 Å². The molecule has 4 heteroatoms. The summed E-state index contributed by atoms with van der Waals surface area (Å²) in [6.45, 7) is 3.02. The van der Waals surface area contributed by atoms with E-state index in [4.69, 9.17) is 0 Å². The predicted molar refractivity (Wildman–Crippen MR) is 71.3 cm³/mol. The molecule has 16 heavy (non-hydrogen) atoms. The van der Waals surface area contributed by atoms with Crippen LogP contribution in [0, 0.1) is 5.82 Å². The van der Waals surface area contributed by atoms with Crippen molar-refractivity contribution in [3.8, 4) is 0 Å². The molecule has 1 aromatic rings. The Kier molecular flexibility index (Phi) is 4.39. The highest BCUT2D eigenvalue weighted by Crippen LogP contribution is 2.21. The van der Waals surface area contributed by atoms with Crippen molar-refractivity contribution in [1.29, 1.82) is 0 Å². The van der Waals surface area contributed by atoms with E-state index in [9.17, 15) is 4.39 Å². The van der Waals surface area contributed by atoms with Gasteiger partial charge in [0.25, 0.3) is 0 Å². The number of piperidine rings is 1. The highest BCUT2D eigenvalue weighted by molar-refractivity contribution is 9.10. The van der Waals surface area contributed by atoms with Gasteiger partial charge in [-0.2, -0.15) is 0 Å². The van der Waals surface area contributed by atoms with E-state index in [2.05, 4.69) is 36.8 Å². The molecule has 0 amide bonds. The van der Waals surface area contributed by atoms with Crippen LogP contribution in [-0.4, -0.2) is 22.8 Å². The number of hydrogen-bond acceptors (Lipinski definition) is 1. The van der Waals surface area contributed by atoms with Crippen molar-refractivity contribution in [3.05, 3.63) is 34.1 Å². The van der Waals surface area contributed by atoms with Crippen molar-refractivity contribution in [1.82, 2.24) is 4.90 Å². The standard InChI is InChI=1S/C12H14Br2FN/c13-10-1-3-16(4-2-10)8-9-5-11(14)7-12(15)6-9/h5-7,10H,1-4,8H2. The van der Waals surface area contributed by atoms with Gasteiger partial charge in [-0.1, -0.05) is 31.9 Å². The van der Waals surface area contributed by atoms with Gasteiger partial charge >= 0.3 is 0 Å². The summed E-state index contributed by atoms with van der Waals surface area (Å²) in [6, 6.07) is 5.10. The first-order valence-corrected chi connectivity index (χ1v) is 7.16. The van der Waals surface area contributed by atoms with Gasteiger partial charge in [-0.25, -0.2) is 4.39 Å². The zero-order chi connectivity index (χ0) is 11.5. The Labute approximate surface area is 112 Å². The predicted octanol–water partition coefficient (Wildman–Crippen LogP) is 3.95. The summed E-state index contributed by atoms with van der Waals surface area (Å²) in [4.78, 5) is 3.03. The summed E-state index contributed by atoms with van der Waals surface area (Å²) in [7, 11) is 0. The van der Waals surface area contributed by atoms with E-state index in [1.807, 2.05) is 6.07 Å². The number of alkyl halides is 1.